The predicted octanol–water partition coefficient (Wildman–Crippen LogP) is 6.33. The van der Waals surface area contributed by atoms with E-state index < -0.39 is 15.4 Å². The number of ether oxygens (including phenoxy) is 1. The van der Waals surface area contributed by atoms with Crippen molar-refractivity contribution < 1.29 is 21.3 Å². The van der Waals surface area contributed by atoms with Gasteiger partial charge in [-0.25, -0.2) is 0 Å². The molecule has 1 N–H and O–H groups in total. The van der Waals surface area contributed by atoms with Gasteiger partial charge >= 0.3 is 10.0 Å². The SMILES string of the molecule is Cc1ccc(S(=O)(=O)[N+](=CCCCOc2ccc3c(c2)C(C)(C)C(=O)N3)Sc2ccc(Br)cc2)cc1. The third-order valence-corrected chi connectivity index (χ3v) is 9.58. The molecule has 1 aliphatic rings. The highest BCUT2D eigenvalue weighted by Crippen LogP contribution is 2.39. The molecule has 0 aromatic heterocycles. The van der Waals surface area contributed by atoms with Gasteiger partial charge in [0.05, 0.1) is 16.9 Å². The lowest BCUT2D eigenvalue weighted by atomic mass is 9.86. The number of benzene rings is 3. The van der Waals surface area contributed by atoms with Crippen LogP contribution in [0.2, 0.25) is 0 Å². The number of sulfonamides is 1. The second-order valence-corrected chi connectivity index (χ2v) is 13.1. The summed E-state index contributed by atoms with van der Waals surface area (Å²) in [5.74, 6) is 0.661. The van der Waals surface area contributed by atoms with Crippen LogP contribution in [-0.2, 0) is 20.2 Å². The number of unbranched alkanes of at least 4 members (excludes halogenated alkanes) is 1. The minimum atomic E-state index is -3.74. The highest BCUT2D eigenvalue weighted by molar-refractivity contribution is 9.10. The Bertz CT molecular complexity index is 1400. The van der Waals surface area contributed by atoms with E-state index in [1.54, 1.807) is 30.5 Å². The molecule has 0 saturated carbocycles. The van der Waals surface area contributed by atoms with Gasteiger partial charge in [-0.05, 0) is 90.7 Å². The van der Waals surface area contributed by atoms with Gasteiger partial charge in [-0.15, -0.1) is 0 Å². The van der Waals surface area contributed by atoms with Crippen LogP contribution in [0.25, 0.3) is 0 Å². The molecule has 0 bridgehead atoms. The molecule has 4 rings (SSSR count). The number of carbonyl (C=O) groups is 1. The Morgan fingerprint density at radius 3 is 2.44 bits per heavy atom. The number of halogens is 1. The Morgan fingerprint density at radius 2 is 1.75 bits per heavy atom. The molecule has 1 heterocycles. The molecular formula is C27H28BrN2O4S2+. The van der Waals surface area contributed by atoms with E-state index in [0.717, 1.165) is 38.1 Å². The summed E-state index contributed by atoms with van der Waals surface area (Å²) in [7, 11) is -3.74. The van der Waals surface area contributed by atoms with Gasteiger partial charge in [-0.3, -0.25) is 4.79 Å². The molecule has 1 amide bonds. The standard InChI is InChI=1S/C27H27BrN2O4S2/c1-19-6-13-23(14-7-19)36(32,33)30(35-22-11-8-20(28)9-12-22)16-4-5-17-34-21-10-15-25-24(18-21)27(2,3)26(31)29-25/h6-16,18H,4-5,17H2,1-3H3/p+1. The van der Waals surface area contributed by atoms with Gasteiger partial charge in [-0.2, -0.15) is 8.42 Å². The summed E-state index contributed by atoms with van der Waals surface area (Å²) in [5, 5.41) is 2.89. The molecule has 1 aliphatic heterocycles. The van der Waals surface area contributed by atoms with Crippen molar-refractivity contribution in [2.45, 2.75) is 48.8 Å². The normalized spacial score (nSPS) is 14.9. The van der Waals surface area contributed by atoms with Crippen LogP contribution in [0, 0.1) is 6.92 Å². The molecule has 188 valence electrons. The van der Waals surface area contributed by atoms with Gasteiger partial charge in [0.25, 0.3) is 0 Å². The highest BCUT2D eigenvalue weighted by Gasteiger charge is 2.38. The predicted molar refractivity (Wildman–Crippen MR) is 148 cm³/mol. The van der Waals surface area contributed by atoms with Crippen LogP contribution >= 0.6 is 27.9 Å². The number of nitrogens with zero attached hydrogens (tertiary/aromatic N) is 1. The lowest BCUT2D eigenvalue weighted by Gasteiger charge is -2.16. The Labute approximate surface area is 225 Å². The molecule has 0 fully saturated rings. The second kappa shape index (κ2) is 10.8. The zero-order chi connectivity index (χ0) is 25.9. The van der Waals surface area contributed by atoms with Crippen LogP contribution in [0.15, 0.2) is 81.0 Å². The number of anilines is 1. The molecule has 3 aromatic carbocycles. The molecule has 36 heavy (non-hydrogen) atoms. The molecule has 6 nitrogen and oxygen atoms in total. The van der Waals surface area contributed by atoms with Crippen LogP contribution in [0.3, 0.4) is 0 Å². The maximum atomic E-state index is 13.4. The van der Waals surface area contributed by atoms with Crippen molar-refractivity contribution in [3.63, 3.8) is 0 Å². The zero-order valence-electron chi connectivity index (χ0n) is 20.3. The van der Waals surface area contributed by atoms with Gasteiger partial charge in [0, 0.05) is 16.6 Å². The molecule has 0 saturated heterocycles. The number of hydrogen-bond donors (Lipinski definition) is 1. The lowest BCUT2D eigenvalue weighted by Crippen LogP contribution is -2.26. The van der Waals surface area contributed by atoms with Crippen LogP contribution in [-0.4, -0.2) is 30.5 Å². The Balaban J connectivity index is 1.46. The first kappa shape index (κ1) is 26.4. The van der Waals surface area contributed by atoms with Crippen LogP contribution in [0.5, 0.6) is 5.75 Å². The van der Waals surface area contributed by atoms with Crippen molar-refractivity contribution >= 4 is 55.7 Å². The first-order chi connectivity index (χ1) is 17.1. The minimum Gasteiger partial charge on any atom is -0.494 e. The zero-order valence-corrected chi connectivity index (χ0v) is 23.5. The Kier molecular flexibility index (Phi) is 7.92. The summed E-state index contributed by atoms with van der Waals surface area (Å²) in [6, 6.07) is 20.0. The molecule has 9 heteroatoms. The monoisotopic (exact) mass is 587 g/mol. The second-order valence-electron chi connectivity index (χ2n) is 9.08. The summed E-state index contributed by atoms with van der Waals surface area (Å²) >= 11 is 4.58. The largest absolute Gasteiger partial charge is 0.494 e. The fourth-order valence-corrected chi connectivity index (χ4v) is 6.52. The summed E-state index contributed by atoms with van der Waals surface area (Å²) in [4.78, 5) is 13.2. The van der Waals surface area contributed by atoms with Crippen molar-refractivity contribution in [1.29, 1.82) is 0 Å². The van der Waals surface area contributed by atoms with Gasteiger partial charge in [0.15, 0.2) is 6.21 Å². The fraction of sp³-hybridized carbons (Fsp3) is 0.259. The third kappa shape index (κ3) is 5.85. The quantitative estimate of drug-likeness (QED) is 0.137. The molecule has 0 aliphatic carbocycles. The summed E-state index contributed by atoms with van der Waals surface area (Å²) in [6.07, 6.45) is 2.82. The average Bonchev–Trinajstić information content (AvgIpc) is 3.07. The van der Waals surface area contributed by atoms with Crippen LogP contribution < -0.4 is 10.1 Å². The van der Waals surface area contributed by atoms with E-state index in [1.165, 1.54) is 3.39 Å². The van der Waals surface area contributed by atoms with Crippen molar-refractivity contribution in [3.8, 4) is 5.75 Å². The Hall–Kier alpha value is -2.62. The van der Waals surface area contributed by atoms with Crippen molar-refractivity contribution in [2.24, 2.45) is 0 Å². The minimum absolute atomic E-state index is 0.0256. The van der Waals surface area contributed by atoms with E-state index in [-0.39, 0.29) is 10.8 Å². The third-order valence-electron chi connectivity index (χ3n) is 5.94. The fourth-order valence-electron chi connectivity index (χ4n) is 3.71. The maximum absolute atomic E-state index is 13.4. The van der Waals surface area contributed by atoms with Gasteiger partial charge in [0.2, 0.25) is 17.9 Å². The molecule has 0 radical (unpaired) electrons. The number of nitrogens with one attached hydrogen (secondary N) is 1. The summed E-state index contributed by atoms with van der Waals surface area (Å²) < 4.78 is 35.0. The smallest absolute Gasteiger partial charge is 0.407 e. The van der Waals surface area contributed by atoms with E-state index in [2.05, 4.69) is 21.2 Å². The van der Waals surface area contributed by atoms with Crippen LogP contribution in [0.1, 0.15) is 37.8 Å². The van der Waals surface area contributed by atoms with Crippen LogP contribution in [0.4, 0.5) is 5.69 Å². The van der Waals surface area contributed by atoms with E-state index >= 15 is 0 Å². The molecule has 0 atom stereocenters. The summed E-state index contributed by atoms with van der Waals surface area (Å²) in [5.41, 5.74) is 2.13. The molecule has 3 aromatic rings. The van der Waals surface area contributed by atoms with Crippen molar-refractivity contribution in [3.05, 3.63) is 82.3 Å². The Morgan fingerprint density at radius 1 is 1.06 bits per heavy atom. The number of carbonyl (C=O) groups excluding carboxylic acids is 1. The lowest BCUT2D eigenvalue weighted by molar-refractivity contribution is -0.148. The van der Waals surface area contributed by atoms with E-state index in [4.69, 9.17) is 4.74 Å². The van der Waals surface area contributed by atoms with Crippen molar-refractivity contribution in [2.75, 3.05) is 11.9 Å². The van der Waals surface area contributed by atoms with Gasteiger partial charge in [-0.1, -0.05) is 33.6 Å². The maximum Gasteiger partial charge on any atom is 0.407 e. The number of hydrogen-bond acceptors (Lipinski definition) is 5. The average molecular weight is 589 g/mol. The van der Waals surface area contributed by atoms with Crippen molar-refractivity contribution in [1.82, 2.24) is 0 Å². The van der Waals surface area contributed by atoms with Gasteiger partial charge in [0.1, 0.15) is 10.6 Å². The number of amides is 1. The topological polar surface area (TPSA) is 75.5 Å². The first-order valence-corrected chi connectivity index (χ1v) is 14.5. The van der Waals surface area contributed by atoms with E-state index in [0.29, 0.717) is 25.2 Å². The first-order valence-electron chi connectivity index (χ1n) is 11.5. The van der Waals surface area contributed by atoms with Gasteiger partial charge < -0.3 is 10.1 Å². The molecule has 0 unspecified atom stereocenters. The van der Waals surface area contributed by atoms with E-state index in [1.807, 2.05) is 63.2 Å². The summed E-state index contributed by atoms with van der Waals surface area (Å²) in [6.45, 7) is 6.11. The molecule has 0 spiro atoms. The number of fused-ring (bicyclic) bond motifs is 1. The number of rotatable bonds is 9. The highest BCUT2D eigenvalue weighted by atomic mass is 79.9. The number of aryl methyl sites for hydroxylation is 1. The van der Waals surface area contributed by atoms with E-state index in [9.17, 15) is 13.2 Å². The molecular weight excluding hydrogens is 560 g/mol.